The van der Waals surface area contributed by atoms with Crippen LogP contribution in [-0.2, 0) is 4.74 Å². The zero-order valence-corrected chi connectivity index (χ0v) is 12.4. The van der Waals surface area contributed by atoms with E-state index in [9.17, 15) is 15.0 Å². The second-order valence-corrected chi connectivity index (χ2v) is 6.84. The van der Waals surface area contributed by atoms with Crippen LogP contribution < -0.4 is 10.6 Å². The number of fused-ring (bicyclic) bond motifs is 1. The molecule has 0 amide bonds. The van der Waals surface area contributed by atoms with Crippen LogP contribution in [0.3, 0.4) is 0 Å². The highest BCUT2D eigenvalue weighted by molar-refractivity contribution is 7.16. The fourth-order valence-electron chi connectivity index (χ4n) is 2.95. The van der Waals surface area contributed by atoms with Crippen LogP contribution in [0.25, 0.3) is 10.3 Å². The van der Waals surface area contributed by atoms with Crippen LogP contribution in [0.5, 0.6) is 0 Å². The number of aliphatic hydroxyl groups is 2. The Morgan fingerprint density at radius 3 is 3.00 bits per heavy atom. The van der Waals surface area contributed by atoms with Gasteiger partial charge in [0.2, 0.25) is 5.95 Å². The van der Waals surface area contributed by atoms with Gasteiger partial charge in [0.1, 0.15) is 6.10 Å². The largest absolute Gasteiger partial charge is 0.390 e. The molecule has 1 saturated heterocycles. The number of nitrogen functional groups attached to an aromatic ring is 1. The minimum absolute atomic E-state index is 0.0566. The lowest BCUT2D eigenvalue weighted by Crippen LogP contribution is -2.29. The molecule has 0 bridgehead atoms. The van der Waals surface area contributed by atoms with Crippen molar-refractivity contribution in [1.82, 2.24) is 14.5 Å². The Morgan fingerprint density at radius 2 is 2.27 bits per heavy atom. The Hall–Kier alpha value is -1.55. The number of nitrogens with zero attached hydrogens (tertiary/aromatic N) is 3. The minimum atomic E-state index is -0.870. The number of aliphatic hydroxyl groups excluding tert-OH is 2. The Labute approximate surface area is 129 Å². The molecule has 0 spiro atoms. The molecule has 1 saturated carbocycles. The molecule has 3 heterocycles. The molecule has 4 atom stereocenters. The van der Waals surface area contributed by atoms with Gasteiger partial charge in [-0.1, -0.05) is 11.3 Å². The van der Waals surface area contributed by atoms with E-state index in [1.165, 1.54) is 10.8 Å². The zero-order valence-electron chi connectivity index (χ0n) is 11.6. The molecule has 2 aliphatic rings. The van der Waals surface area contributed by atoms with Gasteiger partial charge in [-0.05, 0) is 18.8 Å². The monoisotopic (exact) mass is 324 g/mol. The molecule has 9 heteroatoms. The Morgan fingerprint density at radius 1 is 1.50 bits per heavy atom. The predicted molar refractivity (Wildman–Crippen MR) is 79.4 cm³/mol. The molecule has 22 heavy (non-hydrogen) atoms. The summed E-state index contributed by atoms with van der Waals surface area (Å²) in [5.41, 5.74) is 5.94. The van der Waals surface area contributed by atoms with Gasteiger partial charge in [0.05, 0.1) is 23.1 Å². The van der Waals surface area contributed by atoms with Crippen molar-refractivity contribution in [2.45, 2.75) is 43.8 Å². The van der Waals surface area contributed by atoms with E-state index < -0.39 is 24.5 Å². The molecule has 1 unspecified atom stereocenters. The highest BCUT2D eigenvalue weighted by Gasteiger charge is 2.45. The van der Waals surface area contributed by atoms with Crippen LogP contribution in [0.4, 0.5) is 5.95 Å². The lowest BCUT2D eigenvalue weighted by Gasteiger charge is -2.19. The maximum Gasteiger partial charge on any atom is 0.311 e. The van der Waals surface area contributed by atoms with Crippen LogP contribution >= 0.6 is 11.3 Å². The van der Waals surface area contributed by atoms with E-state index in [1.54, 1.807) is 0 Å². The van der Waals surface area contributed by atoms with Crippen LogP contribution in [0.1, 0.15) is 25.5 Å². The maximum atomic E-state index is 12.2. The molecule has 0 aromatic carbocycles. The summed E-state index contributed by atoms with van der Waals surface area (Å²) >= 11 is 0.978. The van der Waals surface area contributed by atoms with Gasteiger partial charge in [0.25, 0.3) is 0 Å². The SMILES string of the molecule is Nc1ncc2sc(=O)n([C@@H]3O[C@H](C(O)C4CC4)C[C@H]3O)c2n1. The van der Waals surface area contributed by atoms with E-state index in [4.69, 9.17) is 10.5 Å². The summed E-state index contributed by atoms with van der Waals surface area (Å²) in [4.78, 5) is 19.9. The van der Waals surface area contributed by atoms with E-state index in [0.29, 0.717) is 16.8 Å². The number of hydrogen-bond donors (Lipinski definition) is 3. The van der Waals surface area contributed by atoms with E-state index in [2.05, 4.69) is 9.97 Å². The summed E-state index contributed by atoms with van der Waals surface area (Å²) in [5.74, 6) is 0.297. The average molecular weight is 324 g/mol. The van der Waals surface area contributed by atoms with Crippen molar-refractivity contribution >= 4 is 27.6 Å². The first-order valence-electron chi connectivity index (χ1n) is 7.19. The van der Waals surface area contributed by atoms with E-state index in [0.717, 1.165) is 24.2 Å². The lowest BCUT2D eigenvalue weighted by atomic mass is 10.1. The van der Waals surface area contributed by atoms with Crippen molar-refractivity contribution < 1.29 is 14.9 Å². The average Bonchev–Trinajstić information content (AvgIpc) is 3.19. The molecule has 2 aromatic rings. The summed E-state index contributed by atoms with van der Waals surface area (Å²) in [6, 6.07) is 0. The summed E-state index contributed by atoms with van der Waals surface area (Å²) in [6.07, 6.45) is 0.956. The quantitative estimate of drug-likeness (QED) is 0.717. The van der Waals surface area contributed by atoms with Gasteiger partial charge in [-0.25, -0.2) is 4.98 Å². The number of rotatable bonds is 3. The number of aromatic nitrogens is 3. The zero-order chi connectivity index (χ0) is 15.4. The standard InChI is InChI=1S/C13H16N4O4S/c14-12-15-4-8-10(16-12)17(13(20)22-8)11-6(18)3-7(21-11)9(19)5-1-2-5/h4-7,9,11,18-19H,1-3H2,(H2,14,15,16)/t6-,7+,9?,11-/m1/s1. The molecule has 1 aliphatic carbocycles. The number of hydrogen-bond acceptors (Lipinski definition) is 8. The molecule has 2 aromatic heterocycles. The predicted octanol–water partition coefficient (Wildman–Crippen LogP) is -0.146. The second-order valence-electron chi connectivity index (χ2n) is 5.85. The Bertz CT molecular complexity index is 771. The third-order valence-corrected chi connectivity index (χ3v) is 5.11. The second kappa shape index (κ2) is 4.98. The summed E-state index contributed by atoms with van der Waals surface area (Å²) in [6.45, 7) is 0. The summed E-state index contributed by atoms with van der Waals surface area (Å²) < 4.78 is 7.67. The third-order valence-electron chi connectivity index (χ3n) is 4.23. The van der Waals surface area contributed by atoms with Gasteiger partial charge in [-0.3, -0.25) is 9.36 Å². The summed E-state index contributed by atoms with van der Waals surface area (Å²) in [5, 5.41) is 20.5. The Balaban J connectivity index is 1.70. The molecule has 8 nitrogen and oxygen atoms in total. The molecule has 2 fully saturated rings. The van der Waals surface area contributed by atoms with Gasteiger partial charge in [0, 0.05) is 6.42 Å². The van der Waals surface area contributed by atoms with Crippen LogP contribution in [-0.4, -0.2) is 43.1 Å². The molecule has 0 radical (unpaired) electrons. The molecule has 1 aliphatic heterocycles. The molecular weight excluding hydrogens is 308 g/mol. The van der Waals surface area contributed by atoms with Crippen LogP contribution in [0.15, 0.2) is 11.0 Å². The van der Waals surface area contributed by atoms with Crippen LogP contribution in [0, 0.1) is 5.92 Å². The summed E-state index contributed by atoms with van der Waals surface area (Å²) in [7, 11) is 0. The molecule has 118 valence electrons. The minimum Gasteiger partial charge on any atom is -0.390 e. The molecule has 4 rings (SSSR count). The first-order chi connectivity index (χ1) is 10.5. The highest BCUT2D eigenvalue weighted by atomic mass is 32.1. The number of nitrogens with two attached hydrogens (primary N) is 1. The van der Waals surface area contributed by atoms with Crippen molar-refractivity contribution in [1.29, 1.82) is 0 Å². The van der Waals surface area contributed by atoms with Crippen molar-refractivity contribution in [3.63, 3.8) is 0 Å². The van der Waals surface area contributed by atoms with Gasteiger partial charge in [-0.15, -0.1) is 0 Å². The topological polar surface area (TPSA) is 123 Å². The fraction of sp³-hybridized carbons (Fsp3) is 0.615. The highest BCUT2D eigenvalue weighted by Crippen LogP contribution is 2.40. The smallest absolute Gasteiger partial charge is 0.311 e. The molecule has 4 N–H and O–H groups in total. The van der Waals surface area contributed by atoms with E-state index >= 15 is 0 Å². The van der Waals surface area contributed by atoms with Gasteiger partial charge < -0.3 is 20.7 Å². The van der Waals surface area contributed by atoms with E-state index in [-0.39, 0.29) is 16.7 Å². The van der Waals surface area contributed by atoms with Crippen molar-refractivity contribution in [3.05, 3.63) is 15.9 Å². The van der Waals surface area contributed by atoms with Crippen molar-refractivity contribution in [3.8, 4) is 0 Å². The number of thiazole rings is 1. The first-order valence-corrected chi connectivity index (χ1v) is 8.01. The van der Waals surface area contributed by atoms with Gasteiger partial charge in [0.15, 0.2) is 11.9 Å². The van der Waals surface area contributed by atoms with Gasteiger partial charge >= 0.3 is 4.87 Å². The van der Waals surface area contributed by atoms with E-state index in [1.807, 2.05) is 0 Å². The Kier molecular flexibility index (Phi) is 3.19. The first kappa shape index (κ1) is 14.1. The van der Waals surface area contributed by atoms with Crippen molar-refractivity contribution in [2.75, 3.05) is 5.73 Å². The lowest BCUT2D eigenvalue weighted by molar-refractivity contribution is -0.0797. The molecular formula is C13H16N4O4S. The maximum absolute atomic E-state index is 12.2. The van der Waals surface area contributed by atoms with Crippen LogP contribution in [0.2, 0.25) is 0 Å². The number of ether oxygens (including phenoxy) is 1. The number of anilines is 1. The third kappa shape index (κ3) is 2.21. The fourth-order valence-corrected chi connectivity index (χ4v) is 3.77. The van der Waals surface area contributed by atoms with Gasteiger partial charge in [-0.2, -0.15) is 4.98 Å². The normalized spacial score (nSPS) is 30.0. The van der Waals surface area contributed by atoms with Crippen molar-refractivity contribution in [2.24, 2.45) is 5.92 Å².